The SMILES string of the molecule is CCNC(=NCC1(O)CCc2ccccc21)N1CCSC(C)(C)C1.I. The molecule has 1 aliphatic carbocycles. The van der Waals surface area contributed by atoms with Crippen LogP contribution in [0.15, 0.2) is 29.3 Å². The molecular formula is C19H30IN3OS. The monoisotopic (exact) mass is 475 g/mol. The predicted octanol–water partition coefficient (Wildman–Crippen LogP) is 3.23. The number of hydrogen-bond acceptors (Lipinski definition) is 3. The minimum atomic E-state index is -0.822. The molecule has 1 saturated heterocycles. The van der Waals surface area contributed by atoms with E-state index in [1.807, 2.05) is 30.0 Å². The third-order valence-corrected chi connectivity index (χ3v) is 6.17. The number of aliphatic imine (C=N–C) groups is 1. The molecule has 2 N–H and O–H groups in total. The lowest BCUT2D eigenvalue weighted by atomic mass is 9.96. The average molecular weight is 475 g/mol. The summed E-state index contributed by atoms with van der Waals surface area (Å²) in [6.07, 6.45) is 1.70. The zero-order valence-electron chi connectivity index (χ0n) is 15.4. The molecule has 0 saturated carbocycles. The van der Waals surface area contributed by atoms with Gasteiger partial charge in [-0.05, 0) is 44.7 Å². The molecule has 0 aromatic heterocycles. The molecule has 0 amide bonds. The van der Waals surface area contributed by atoms with Crippen molar-refractivity contribution in [2.75, 3.05) is 31.9 Å². The molecule has 1 heterocycles. The number of halogens is 1. The number of aliphatic hydroxyl groups is 1. The Hall–Kier alpha value is -0.470. The molecule has 0 radical (unpaired) electrons. The van der Waals surface area contributed by atoms with Crippen molar-refractivity contribution < 1.29 is 5.11 Å². The van der Waals surface area contributed by atoms with Gasteiger partial charge in [0.1, 0.15) is 5.60 Å². The molecule has 0 bridgehead atoms. The van der Waals surface area contributed by atoms with E-state index in [1.165, 1.54) is 5.56 Å². The maximum Gasteiger partial charge on any atom is 0.194 e. The van der Waals surface area contributed by atoms with Gasteiger partial charge in [-0.25, -0.2) is 4.99 Å². The van der Waals surface area contributed by atoms with Gasteiger partial charge in [0.05, 0.1) is 6.54 Å². The van der Waals surface area contributed by atoms with Crippen molar-refractivity contribution in [2.45, 2.75) is 44.0 Å². The van der Waals surface area contributed by atoms with E-state index >= 15 is 0 Å². The quantitative estimate of drug-likeness (QED) is 0.401. The van der Waals surface area contributed by atoms with E-state index in [0.29, 0.717) is 6.54 Å². The predicted molar refractivity (Wildman–Crippen MR) is 118 cm³/mol. The van der Waals surface area contributed by atoms with Crippen LogP contribution in [-0.2, 0) is 12.0 Å². The maximum atomic E-state index is 11.1. The standard InChI is InChI=1S/C19H29N3OS.HI/c1-4-20-17(22-11-12-24-18(2,3)14-22)21-13-19(23)10-9-15-7-5-6-8-16(15)19;/h5-8,23H,4,9-14H2,1-3H3,(H,20,21);1H. The van der Waals surface area contributed by atoms with Crippen LogP contribution < -0.4 is 5.32 Å². The van der Waals surface area contributed by atoms with Crippen molar-refractivity contribution in [1.82, 2.24) is 10.2 Å². The van der Waals surface area contributed by atoms with Crippen molar-refractivity contribution in [3.05, 3.63) is 35.4 Å². The second-order valence-corrected chi connectivity index (χ2v) is 9.19. The van der Waals surface area contributed by atoms with E-state index in [4.69, 9.17) is 4.99 Å². The fraction of sp³-hybridized carbons (Fsp3) is 0.632. The van der Waals surface area contributed by atoms with Gasteiger partial charge in [-0.1, -0.05) is 24.3 Å². The summed E-state index contributed by atoms with van der Waals surface area (Å²) in [5.74, 6) is 2.05. The molecule has 1 aromatic carbocycles. The Morgan fingerprint density at radius 2 is 2.12 bits per heavy atom. The maximum absolute atomic E-state index is 11.1. The lowest BCUT2D eigenvalue weighted by molar-refractivity contribution is 0.0483. The zero-order chi connectivity index (χ0) is 17.2. The summed E-state index contributed by atoms with van der Waals surface area (Å²) in [6.45, 7) is 9.93. The van der Waals surface area contributed by atoms with E-state index in [0.717, 1.165) is 49.8 Å². The second-order valence-electron chi connectivity index (χ2n) is 7.39. The van der Waals surface area contributed by atoms with Gasteiger partial charge < -0.3 is 15.3 Å². The summed E-state index contributed by atoms with van der Waals surface area (Å²) in [5, 5.41) is 14.5. The first kappa shape index (κ1) is 20.8. The molecule has 4 nitrogen and oxygen atoms in total. The molecule has 3 rings (SSSR count). The summed E-state index contributed by atoms with van der Waals surface area (Å²) in [5.41, 5.74) is 1.49. The van der Waals surface area contributed by atoms with Crippen molar-refractivity contribution in [3.63, 3.8) is 0 Å². The first-order valence-electron chi connectivity index (χ1n) is 8.91. The van der Waals surface area contributed by atoms with Crippen LogP contribution in [-0.4, -0.2) is 52.6 Å². The molecule has 1 aliphatic heterocycles. The van der Waals surface area contributed by atoms with Crippen LogP contribution in [0.1, 0.15) is 38.3 Å². The first-order chi connectivity index (χ1) is 11.4. The smallest absolute Gasteiger partial charge is 0.194 e. The minimum Gasteiger partial charge on any atom is -0.383 e. The molecule has 1 atom stereocenters. The normalized spacial score (nSPS) is 25.3. The molecule has 2 aliphatic rings. The number of guanidine groups is 1. The van der Waals surface area contributed by atoms with Crippen molar-refractivity contribution in [1.29, 1.82) is 0 Å². The van der Waals surface area contributed by atoms with Crippen LogP contribution in [0.25, 0.3) is 0 Å². The Bertz CT molecular complexity index is 622. The van der Waals surface area contributed by atoms with Gasteiger partial charge in [-0.2, -0.15) is 11.8 Å². The third-order valence-electron chi connectivity index (χ3n) is 4.88. The molecule has 6 heteroatoms. The number of nitrogens with zero attached hydrogens (tertiary/aromatic N) is 2. The summed E-state index contributed by atoms with van der Waals surface area (Å²) < 4.78 is 0.241. The lowest BCUT2D eigenvalue weighted by Gasteiger charge is -2.39. The Kier molecular flexibility index (Phi) is 7.07. The lowest BCUT2D eigenvalue weighted by Crippen LogP contribution is -2.51. The Morgan fingerprint density at radius 1 is 1.36 bits per heavy atom. The highest BCUT2D eigenvalue weighted by atomic mass is 127. The van der Waals surface area contributed by atoms with Crippen LogP contribution in [0.2, 0.25) is 0 Å². The highest BCUT2D eigenvalue weighted by Gasteiger charge is 2.37. The molecule has 0 spiro atoms. The fourth-order valence-corrected chi connectivity index (χ4v) is 4.77. The number of benzene rings is 1. The third kappa shape index (κ3) is 4.83. The van der Waals surface area contributed by atoms with Crippen molar-refractivity contribution in [2.24, 2.45) is 4.99 Å². The Labute approximate surface area is 172 Å². The number of aryl methyl sites for hydroxylation is 1. The second kappa shape index (κ2) is 8.48. The van der Waals surface area contributed by atoms with Crippen molar-refractivity contribution >= 4 is 41.7 Å². The number of hydrogen-bond donors (Lipinski definition) is 2. The van der Waals surface area contributed by atoms with Gasteiger partial charge in [0.15, 0.2) is 5.96 Å². The van der Waals surface area contributed by atoms with Crippen LogP contribution in [0, 0.1) is 0 Å². The highest BCUT2D eigenvalue weighted by molar-refractivity contribution is 14.0. The summed E-state index contributed by atoms with van der Waals surface area (Å²) >= 11 is 2.02. The van der Waals surface area contributed by atoms with Gasteiger partial charge in [0.25, 0.3) is 0 Å². The summed E-state index contributed by atoms with van der Waals surface area (Å²) in [6, 6.07) is 8.22. The number of thioether (sulfide) groups is 1. The minimum absolute atomic E-state index is 0. The summed E-state index contributed by atoms with van der Waals surface area (Å²) in [7, 11) is 0. The van der Waals surface area contributed by atoms with E-state index in [-0.39, 0.29) is 28.7 Å². The number of fused-ring (bicyclic) bond motifs is 1. The van der Waals surface area contributed by atoms with Crippen LogP contribution in [0.5, 0.6) is 0 Å². The summed E-state index contributed by atoms with van der Waals surface area (Å²) in [4.78, 5) is 7.17. The Balaban J connectivity index is 0.00000225. The van der Waals surface area contributed by atoms with Crippen LogP contribution in [0.4, 0.5) is 0 Å². The first-order valence-corrected chi connectivity index (χ1v) is 9.90. The largest absolute Gasteiger partial charge is 0.383 e. The van der Waals surface area contributed by atoms with E-state index in [9.17, 15) is 5.11 Å². The molecule has 1 fully saturated rings. The van der Waals surface area contributed by atoms with Gasteiger partial charge in [-0.15, -0.1) is 24.0 Å². The fourth-order valence-electron chi connectivity index (χ4n) is 3.66. The average Bonchev–Trinajstić information content (AvgIpc) is 2.89. The van der Waals surface area contributed by atoms with Crippen LogP contribution in [0.3, 0.4) is 0 Å². The molecular weight excluding hydrogens is 445 g/mol. The van der Waals surface area contributed by atoms with E-state index in [2.05, 4.69) is 37.1 Å². The Morgan fingerprint density at radius 3 is 2.84 bits per heavy atom. The van der Waals surface area contributed by atoms with E-state index < -0.39 is 5.60 Å². The molecule has 140 valence electrons. The van der Waals surface area contributed by atoms with Crippen molar-refractivity contribution in [3.8, 4) is 0 Å². The molecule has 25 heavy (non-hydrogen) atoms. The van der Waals surface area contributed by atoms with Gasteiger partial charge in [0.2, 0.25) is 0 Å². The number of rotatable bonds is 3. The zero-order valence-corrected chi connectivity index (χ0v) is 18.6. The van der Waals surface area contributed by atoms with Gasteiger partial charge in [-0.3, -0.25) is 0 Å². The number of nitrogens with one attached hydrogen (secondary N) is 1. The van der Waals surface area contributed by atoms with Gasteiger partial charge >= 0.3 is 0 Å². The molecule has 1 unspecified atom stereocenters. The topological polar surface area (TPSA) is 47.9 Å². The molecule has 1 aromatic rings. The van der Waals surface area contributed by atoms with Crippen LogP contribution >= 0.6 is 35.7 Å². The highest BCUT2D eigenvalue weighted by Crippen LogP contribution is 2.37. The van der Waals surface area contributed by atoms with Gasteiger partial charge in [0, 0.05) is 30.1 Å². The van der Waals surface area contributed by atoms with E-state index in [1.54, 1.807) is 0 Å².